The number of benzene rings is 3. The highest BCUT2D eigenvalue weighted by Crippen LogP contribution is 2.29. The molecule has 0 unspecified atom stereocenters. The Morgan fingerprint density at radius 3 is 2.26 bits per heavy atom. The first kappa shape index (κ1) is 23.2. The molecule has 1 atom stereocenters. The molecular formula is C25H23N5O3S. The number of nitrogens with one attached hydrogen (secondary N) is 1. The normalized spacial score (nSPS) is 12.2. The van der Waals surface area contributed by atoms with Crippen LogP contribution in [0.1, 0.15) is 24.4 Å². The van der Waals surface area contributed by atoms with E-state index in [1.165, 1.54) is 0 Å². The predicted octanol–water partition coefficient (Wildman–Crippen LogP) is 4.43. The third kappa shape index (κ3) is 5.51. The van der Waals surface area contributed by atoms with E-state index in [1.807, 2.05) is 91.0 Å². The van der Waals surface area contributed by atoms with E-state index in [4.69, 9.17) is 4.74 Å². The lowest BCUT2D eigenvalue weighted by Gasteiger charge is -2.14. The number of aromatic nitrogens is 3. The highest BCUT2D eigenvalue weighted by Gasteiger charge is 2.25. The van der Waals surface area contributed by atoms with E-state index in [2.05, 4.69) is 20.7 Å². The summed E-state index contributed by atoms with van der Waals surface area (Å²) in [6.07, 6.45) is -1.02. The van der Waals surface area contributed by atoms with Gasteiger partial charge >= 0.3 is 5.97 Å². The summed E-state index contributed by atoms with van der Waals surface area (Å²) in [6.45, 7) is 1.93. The molecule has 34 heavy (non-hydrogen) atoms. The molecule has 0 saturated carbocycles. The number of hydrogen-bond acceptors (Lipinski definition) is 8. The molecule has 4 rings (SSSR count). The zero-order chi connectivity index (χ0) is 23.8. The van der Waals surface area contributed by atoms with E-state index < -0.39 is 12.1 Å². The predicted molar refractivity (Wildman–Crippen MR) is 132 cm³/mol. The molecule has 1 heterocycles. The lowest BCUT2D eigenvalue weighted by Crippen LogP contribution is -2.17. The summed E-state index contributed by atoms with van der Waals surface area (Å²) in [4.78, 5) is 12.7. The highest BCUT2D eigenvalue weighted by molar-refractivity contribution is 8.15. The number of hydrogen-bond donors (Lipinski definition) is 2. The van der Waals surface area contributed by atoms with Crippen molar-refractivity contribution in [3.63, 3.8) is 0 Å². The van der Waals surface area contributed by atoms with Gasteiger partial charge in [-0.1, -0.05) is 66.7 Å². The van der Waals surface area contributed by atoms with Crippen LogP contribution < -0.4 is 5.43 Å². The van der Waals surface area contributed by atoms with Crippen molar-refractivity contribution in [1.29, 1.82) is 0 Å². The lowest BCUT2D eigenvalue weighted by molar-refractivity contribution is -0.134. The van der Waals surface area contributed by atoms with Crippen LogP contribution in [0.5, 0.6) is 0 Å². The van der Waals surface area contributed by atoms with Crippen molar-refractivity contribution >= 4 is 28.5 Å². The number of aliphatic hydroxyl groups excluding tert-OH is 1. The molecule has 0 radical (unpaired) electrons. The zero-order valence-corrected chi connectivity index (χ0v) is 19.2. The van der Waals surface area contributed by atoms with Crippen LogP contribution in [-0.4, -0.2) is 37.5 Å². The maximum Gasteiger partial charge on any atom is 0.365 e. The first-order chi connectivity index (χ1) is 16.7. The molecule has 172 valence electrons. The molecule has 3 aromatic carbocycles. The van der Waals surface area contributed by atoms with E-state index in [0.717, 1.165) is 23.1 Å². The van der Waals surface area contributed by atoms with Crippen LogP contribution in [0.4, 0.5) is 5.69 Å². The molecule has 0 aliphatic carbocycles. The Balaban J connectivity index is 1.73. The number of esters is 1. The molecule has 9 heteroatoms. The van der Waals surface area contributed by atoms with Crippen LogP contribution in [-0.2, 0) is 9.53 Å². The van der Waals surface area contributed by atoms with Gasteiger partial charge < -0.3 is 9.84 Å². The standard InChI is InChI=1S/C25H23N5O3S/c1-2-33-24(32)23(28-26-19-14-8-4-9-15-19)34-25-29-27-22(21(31)18-12-6-3-7-13-18)30(25)20-16-10-5-11-17-20/h3-17,21,26,31H,2H2,1H3/b28-23+/t21-/m1/s1. The number of carbonyl (C=O) groups is 1. The molecule has 0 aliphatic heterocycles. The lowest BCUT2D eigenvalue weighted by atomic mass is 10.1. The third-order valence-electron chi connectivity index (χ3n) is 4.73. The van der Waals surface area contributed by atoms with Gasteiger partial charge in [0.2, 0.25) is 10.2 Å². The Hall–Kier alpha value is -3.95. The van der Waals surface area contributed by atoms with Crippen molar-refractivity contribution in [3.8, 4) is 5.69 Å². The number of nitrogens with zero attached hydrogens (tertiary/aromatic N) is 4. The summed E-state index contributed by atoms with van der Waals surface area (Å²) in [7, 11) is 0. The Kier molecular flexibility index (Phi) is 7.69. The number of thioether (sulfide) groups is 1. The number of aliphatic hydroxyl groups is 1. The number of carbonyl (C=O) groups excluding carboxylic acids is 1. The smallest absolute Gasteiger partial charge is 0.365 e. The van der Waals surface area contributed by atoms with Gasteiger partial charge in [-0.05, 0) is 48.5 Å². The van der Waals surface area contributed by atoms with E-state index in [-0.39, 0.29) is 11.7 Å². The Morgan fingerprint density at radius 1 is 1.00 bits per heavy atom. The first-order valence-electron chi connectivity index (χ1n) is 10.6. The maximum atomic E-state index is 12.7. The quantitative estimate of drug-likeness (QED) is 0.135. The molecule has 4 aromatic rings. The molecule has 0 aliphatic rings. The van der Waals surface area contributed by atoms with Gasteiger partial charge in [-0.25, -0.2) is 4.79 Å². The van der Waals surface area contributed by atoms with Crippen molar-refractivity contribution in [1.82, 2.24) is 14.8 Å². The molecule has 2 N–H and O–H groups in total. The van der Waals surface area contributed by atoms with E-state index in [9.17, 15) is 9.90 Å². The molecule has 0 fully saturated rings. The fourth-order valence-electron chi connectivity index (χ4n) is 3.15. The minimum atomic E-state index is -1.02. The van der Waals surface area contributed by atoms with Gasteiger partial charge in [0.05, 0.1) is 12.3 Å². The SMILES string of the molecule is CCOC(=O)/C(=N\Nc1ccccc1)Sc1nnc([C@H](O)c2ccccc2)n1-c1ccccc1. The Labute approximate surface area is 201 Å². The number of para-hydroxylation sites is 2. The highest BCUT2D eigenvalue weighted by atomic mass is 32.2. The van der Waals surface area contributed by atoms with Gasteiger partial charge in [0.15, 0.2) is 5.82 Å². The van der Waals surface area contributed by atoms with Gasteiger partial charge in [-0.15, -0.1) is 10.2 Å². The van der Waals surface area contributed by atoms with Crippen LogP contribution >= 0.6 is 11.8 Å². The van der Waals surface area contributed by atoms with Crippen molar-refractivity contribution in [2.75, 3.05) is 12.0 Å². The molecule has 8 nitrogen and oxygen atoms in total. The number of ether oxygens (including phenoxy) is 1. The van der Waals surface area contributed by atoms with E-state index in [1.54, 1.807) is 11.5 Å². The maximum absolute atomic E-state index is 12.7. The fourth-order valence-corrected chi connectivity index (χ4v) is 3.92. The van der Waals surface area contributed by atoms with Crippen molar-refractivity contribution in [2.45, 2.75) is 18.2 Å². The van der Waals surface area contributed by atoms with Crippen LogP contribution in [0.3, 0.4) is 0 Å². The van der Waals surface area contributed by atoms with Gasteiger partial charge in [-0.2, -0.15) is 5.10 Å². The second kappa shape index (κ2) is 11.3. The summed E-state index contributed by atoms with van der Waals surface area (Å²) >= 11 is 1.00. The van der Waals surface area contributed by atoms with Crippen LogP contribution in [0, 0.1) is 0 Å². The minimum absolute atomic E-state index is 0.0519. The van der Waals surface area contributed by atoms with Crippen molar-refractivity contribution in [2.24, 2.45) is 5.10 Å². The average Bonchev–Trinajstić information content (AvgIpc) is 3.31. The van der Waals surface area contributed by atoms with E-state index in [0.29, 0.717) is 16.5 Å². The first-order valence-corrected chi connectivity index (χ1v) is 11.5. The second-order valence-electron chi connectivity index (χ2n) is 7.04. The summed E-state index contributed by atoms with van der Waals surface area (Å²) in [5.41, 5.74) is 5.01. The van der Waals surface area contributed by atoms with Crippen molar-refractivity contribution in [3.05, 3.63) is 102 Å². The van der Waals surface area contributed by atoms with Gasteiger partial charge in [0.25, 0.3) is 0 Å². The molecule has 0 spiro atoms. The topological polar surface area (TPSA) is 102 Å². The molecular weight excluding hydrogens is 450 g/mol. The van der Waals surface area contributed by atoms with Gasteiger partial charge in [0.1, 0.15) is 6.10 Å². The minimum Gasteiger partial charge on any atom is -0.461 e. The molecule has 1 aromatic heterocycles. The Bertz CT molecular complexity index is 1250. The van der Waals surface area contributed by atoms with Gasteiger partial charge in [-0.3, -0.25) is 9.99 Å². The second-order valence-corrected chi connectivity index (χ2v) is 8.00. The molecule has 0 bridgehead atoms. The molecule has 0 saturated heterocycles. The van der Waals surface area contributed by atoms with Crippen LogP contribution in [0.15, 0.2) is 101 Å². The van der Waals surface area contributed by atoms with Crippen molar-refractivity contribution < 1.29 is 14.6 Å². The van der Waals surface area contributed by atoms with Crippen LogP contribution in [0.25, 0.3) is 5.69 Å². The molecule has 0 amide bonds. The zero-order valence-electron chi connectivity index (χ0n) is 18.4. The van der Waals surface area contributed by atoms with Gasteiger partial charge in [0, 0.05) is 5.69 Å². The van der Waals surface area contributed by atoms with E-state index >= 15 is 0 Å². The summed E-state index contributed by atoms with van der Waals surface area (Å²) < 4.78 is 6.90. The summed E-state index contributed by atoms with van der Waals surface area (Å²) in [5, 5.41) is 24.3. The third-order valence-corrected chi connectivity index (χ3v) is 5.63. The monoisotopic (exact) mass is 473 g/mol. The number of anilines is 1. The average molecular weight is 474 g/mol. The fraction of sp³-hybridized carbons (Fsp3) is 0.120. The number of hydrazone groups is 1. The largest absolute Gasteiger partial charge is 0.461 e. The Morgan fingerprint density at radius 2 is 1.62 bits per heavy atom. The van der Waals surface area contributed by atoms with Crippen LogP contribution in [0.2, 0.25) is 0 Å². The summed E-state index contributed by atoms with van der Waals surface area (Å²) in [6, 6.07) is 27.9. The number of rotatable bonds is 7. The summed E-state index contributed by atoms with van der Waals surface area (Å²) in [5.74, 6) is -0.275.